The van der Waals surface area contributed by atoms with E-state index >= 15 is 0 Å². The zero-order valence-electron chi connectivity index (χ0n) is 16.3. The first-order valence-corrected chi connectivity index (χ1v) is 9.83. The molecule has 27 heavy (non-hydrogen) atoms. The van der Waals surface area contributed by atoms with E-state index in [0.717, 1.165) is 37.6 Å². The molecular weight excluding hydrogens is 353 g/mol. The Kier molecular flexibility index (Phi) is 8.41. The van der Waals surface area contributed by atoms with Gasteiger partial charge in [0.15, 0.2) is 5.96 Å². The molecule has 1 aliphatic rings. The van der Waals surface area contributed by atoms with E-state index in [1.165, 1.54) is 32.0 Å². The monoisotopic (exact) mass is 384 g/mol. The summed E-state index contributed by atoms with van der Waals surface area (Å²) in [7, 11) is 0. The van der Waals surface area contributed by atoms with Crippen LogP contribution in [0.2, 0.25) is 0 Å². The highest BCUT2D eigenvalue weighted by Crippen LogP contribution is 2.29. The Balaban J connectivity index is 1.84. The van der Waals surface area contributed by atoms with Gasteiger partial charge in [0.1, 0.15) is 0 Å². The number of rotatable bonds is 7. The molecule has 2 rings (SSSR count). The van der Waals surface area contributed by atoms with Gasteiger partial charge in [-0.25, -0.2) is 4.99 Å². The Morgan fingerprint density at radius 3 is 2.56 bits per heavy atom. The van der Waals surface area contributed by atoms with Crippen molar-refractivity contribution in [2.75, 3.05) is 32.7 Å². The molecule has 1 heterocycles. The second-order valence-corrected chi connectivity index (χ2v) is 6.99. The third kappa shape index (κ3) is 7.40. The van der Waals surface area contributed by atoms with Gasteiger partial charge in [-0.1, -0.05) is 19.1 Å². The largest absolute Gasteiger partial charge is 0.416 e. The van der Waals surface area contributed by atoms with Crippen LogP contribution in [0.25, 0.3) is 0 Å². The number of halogens is 3. The lowest BCUT2D eigenvalue weighted by atomic mass is 9.93. The molecule has 1 aromatic rings. The topological polar surface area (TPSA) is 39.7 Å². The van der Waals surface area contributed by atoms with Crippen molar-refractivity contribution in [1.82, 2.24) is 15.5 Å². The molecule has 4 nitrogen and oxygen atoms in total. The van der Waals surface area contributed by atoms with Gasteiger partial charge in [0.25, 0.3) is 0 Å². The summed E-state index contributed by atoms with van der Waals surface area (Å²) in [6.45, 7) is 9.39. The first-order valence-electron chi connectivity index (χ1n) is 9.83. The predicted molar refractivity (Wildman–Crippen MR) is 104 cm³/mol. The lowest BCUT2D eigenvalue weighted by molar-refractivity contribution is -0.137. The van der Waals surface area contributed by atoms with Gasteiger partial charge in [-0.3, -0.25) is 0 Å². The highest BCUT2D eigenvalue weighted by Gasteiger charge is 2.30. The quantitative estimate of drug-likeness (QED) is 0.554. The van der Waals surface area contributed by atoms with Gasteiger partial charge in [-0.2, -0.15) is 13.2 Å². The Hall–Kier alpha value is -1.76. The summed E-state index contributed by atoms with van der Waals surface area (Å²) in [6, 6.07) is 5.34. The molecule has 1 saturated heterocycles. The molecule has 0 aliphatic carbocycles. The van der Waals surface area contributed by atoms with Gasteiger partial charge in [-0.05, 0) is 69.4 Å². The van der Waals surface area contributed by atoms with Crippen LogP contribution in [-0.2, 0) is 12.7 Å². The molecule has 0 atom stereocenters. The predicted octanol–water partition coefficient (Wildman–Crippen LogP) is 3.88. The molecule has 0 spiro atoms. The SMILES string of the molecule is CCNC(=NCc1cccc(C(F)(F)F)c1)NCCC1CCN(CC)CC1. The summed E-state index contributed by atoms with van der Waals surface area (Å²) in [5, 5.41) is 6.47. The summed E-state index contributed by atoms with van der Waals surface area (Å²) in [4.78, 5) is 6.91. The van der Waals surface area contributed by atoms with Crippen LogP contribution in [0, 0.1) is 5.92 Å². The summed E-state index contributed by atoms with van der Waals surface area (Å²) in [5.41, 5.74) is -0.0828. The van der Waals surface area contributed by atoms with Gasteiger partial charge in [0.2, 0.25) is 0 Å². The Labute approximate surface area is 160 Å². The third-order valence-corrected chi connectivity index (χ3v) is 5.02. The van der Waals surface area contributed by atoms with E-state index in [0.29, 0.717) is 18.1 Å². The number of alkyl halides is 3. The van der Waals surface area contributed by atoms with E-state index in [-0.39, 0.29) is 6.54 Å². The number of hydrogen-bond donors (Lipinski definition) is 2. The van der Waals surface area contributed by atoms with Gasteiger partial charge in [-0.15, -0.1) is 0 Å². The number of likely N-dealkylation sites (tertiary alicyclic amines) is 1. The Morgan fingerprint density at radius 2 is 1.93 bits per heavy atom. The van der Waals surface area contributed by atoms with Gasteiger partial charge < -0.3 is 15.5 Å². The van der Waals surface area contributed by atoms with E-state index in [9.17, 15) is 13.2 Å². The first-order chi connectivity index (χ1) is 12.9. The van der Waals surface area contributed by atoms with Crippen molar-refractivity contribution in [2.24, 2.45) is 10.9 Å². The van der Waals surface area contributed by atoms with Crippen molar-refractivity contribution >= 4 is 5.96 Å². The number of piperidine rings is 1. The first kappa shape index (κ1) is 21.5. The fourth-order valence-corrected chi connectivity index (χ4v) is 3.34. The van der Waals surface area contributed by atoms with Crippen LogP contribution < -0.4 is 10.6 Å². The lowest BCUT2D eigenvalue weighted by Gasteiger charge is -2.31. The molecule has 1 aromatic carbocycles. The minimum atomic E-state index is -4.32. The standard InChI is InChI=1S/C20H31F3N4/c1-3-24-19(25-11-8-16-9-12-27(4-2)13-10-16)26-15-17-6-5-7-18(14-17)20(21,22)23/h5-7,14,16H,3-4,8-13,15H2,1-2H3,(H2,24,25,26). The summed E-state index contributed by atoms with van der Waals surface area (Å²) in [6.07, 6.45) is -0.776. The van der Waals surface area contributed by atoms with E-state index < -0.39 is 11.7 Å². The van der Waals surface area contributed by atoms with Crippen LogP contribution in [0.5, 0.6) is 0 Å². The van der Waals surface area contributed by atoms with Crippen molar-refractivity contribution < 1.29 is 13.2 Å². The minimum Gasteiger partial charge on any atom is -0.357 e. The Morgan fingerprint density at radius 1 is 1.19 bits per heavy atom. The van der Waals surface area contributed by atoms with Crippen LogP contribution in [0.1, 0.15) is 44.2 Å². The average Bonchev–Trinajstić information content (AvgIpc) is 2.66. The number of nitrogens with one attached hydrogen (secondary N) is 2. The molecule has 0 amide bonds. The minimum absolute atomic E-state index is 0.216. The number of hydrogen-bond acceptors (Lipinski definition) is 2. The molecule has 152 valence electrons. The number of benzene rings is 1. The zero-order valence-corrected chi connectivity index (χ0v) is 16.3. The Bertz CT molecular complexity index is 593. The zero-order chi connectivity index (χ0) is 19.7. The van der Waals surface area contributed by atoms with Gasteiger partial charge in [0, 0.05) is 13.1 Å². The number of guanidine groups is 1. The van der Waals surface area contributed by atoms with Crippen molar-refractivity contribution in [1.29, 1.82) is 0 Å². The van der Waals surface area contributed by atoms with E-state index in [4.69, 9.17) is 0 Å². The van der Waals surface area contributed by atoms with E-state index in [2.05, 4.69) is 27.4 Å². The molecule has 7 heteroatoms. The second-order valence-electron chi connectivity index (χ2n) is 6.99. The molecule has 0 saturated carbocycles. The van der Waals surface area contributed by atoms with Crippen molar-refractivity contribution in [3.8, 4) is 0 Å². The van der Waals surface area contributed by atoms with E-state index in [1.54, 1.807) is 6.07 Å². The fraction of sp³-hybridized carbons (Fsp3) is 0.650. The summed E-state index contributed by atoms with van der Waals surface area (Å²) >= 11 is 0. The second kappa shape index (κ2) is 10.5. The third-order valence-electron chi connectivity index (χ3n) is 5.02. The maximum atomic E-state index is 12.8. The van der Waals surface area contributed by atoms with Crippen LogP contribution in [0.15, 0.2) is 29.3 Å². The smallest absolute Gasteiger partial charge is 0.357 e. The van der Waals surface area contributed by atoms with Crippen LogP contribution >= 0.6 is 0 Å². The number of aliphatic imine (C=N–C) groups is 1. The summed E-state index contributed by atoms with van der Waals surface area (Å²) in [5.74, 6) is 1.38. The molecule has 0 aromatic heterocycles. The highest BCUT2D eigenvalue weighted by molar-refractivity contribution is 5.79. The molecule has 2 N–H and O–H groups in total. The molecule has 0 unspecified atom stereocenters. The number of nitrogens with zero attached hydrogens (tertiary/aromatic N) is 2. The molecule has 1 aliphatic heterocycles. The van der Waals surface area contributed by atoms with Crippen molar-refractivity contribution in [2.45, 2.75) is 45.8 Å². The van der Waals surface area contributed by atoms with Crippen LogP contribution in [-0.4, -0.2) is 43.6 Å². The molecule has 1 fully saturated rings. The maximum absolute atomic E-state index is 12.8. The van der Waals surface area contributed by atoms with Gasteiger partial charge >= 0.3 is 6.18 Å². The summed E-state index contributed by atoms with van der Waals surface area (Å²) < 4.78 is 38.4. The molecule has 0 bridgehead atoms. The van der Waals surface area contributed by atoms with Crippen LogP contribution in [0.4, 0.5) is 13.2 Å². The molecule has 0 radical (unpaired) electrons. The lowest BCUT2D eigenvalue weighted by Crippen LogP contribution is -2.39. The van der Waals surface area contributed by atoms with Gasteiger partial charge in [0.05, 0.1) is 12.1 Å². The highest BCUT2D eigenvalue weighted by atomic mass is 19.4. The molecular formula is C20H31F3N4. The fourth-order valence-electron chi connectivity index (χ4n) is 3.34. The van der Waals surface area contributed by atoms with Crippen LogP contribution in [0.3, 0.4) is 0 Å². The average molecular weight is 384 g/mol. The van der Waals surface area contributed by atoms with Crippen molar-refractivity contribution in [3.05, 3.63) is 35.4 Å². The van der Waals surface area contributed by atoms with Crippen molar-refractivity contribution in [3.63, 3.8) is 0 Å². The normalized spacial score (nSPS) is 17.1. The maximum Gasteiger partial charge on any atom is 0.416 e. The van der Waals surface area contributed by atoms with E-state index in [1.807, 2.05) is 6.92 Å².